The van der Waals surface area contributed by atoms with Crippen LogP contribution in [-0.2, 0) is 6.54 Å². The van der Waals surface area contributed by atoms with Crippen LogP contribution >= 0.6 is 0 Å². The second kappa shape index (κ2) is 8.59. The third-order valence-electron chi connectivity index (χ3n) is 5.46. The number of halogens is 3. The smallest absolute Gasteiger partial charge is 0.406 e. The molecule has 1 N–H and O–H groups in total. The fourth-order valence-electron chi connectivity index (χ4n) is 4.10. The van der Waals surface area contributed by atoms with Crippen LogP contribution in [0.3, 0.4) is 0 Å². The summed E-state index contributed by atoms with van der Waals surface area (Å²) in [7, 11) is 0. The van der Waals surface area contributed by atoms with E-state index in [-0.39, 0.29) is 5.75 Å². The number of piperidine rings is 1. The first-order valence-corrected chi connectivity index (χ1v) is 9.48. The SMILES string of the molecule is CC[C@H]1CNCCN1C1CCN(Cc2ccc(OC(F)(F)F)cc2)CC1. The normalized spacial score (nSPS) is 23.9. The molecule has 2 heterocycles. The van der Waals surface area contributed by atoms with Crippen LogP contribution in [-0.4, -0.2) is 61.0 Å². The molecule has 2 saturated heterocycles. The molecule has 26 heavy (non-hydrogen) atoms. The Morgan fingerprint density at radius 2 is 1.81 bits per heavy atom. The lowest BCUT2D eigenvalue weighted by Gasteiger charge is -2.44. The Labute approximate surface area is 153 Å². The van der Waals surface area contributed by atoms with Crippen LogP contribution in [0, 0.1) is 0 Å². The van der Waals surface area contributed by atoms with E-state index in [4.69, 9.17) is 0 Å². The number of piperazine rings is 1. The van der Waals surface area contributed by atoms with Crippen molar-refractivity contribution in [3.63, 3.8) is 0 Å². The molecular weight excluding hydrogens is 343 g/mol. The molecule has 0 radical (unpaired) electrons. The molecule has 2 fully saturated rings. The average Bonchev–Trinajstić information content (AvgIpc) is 2.63. The second-order valence-electron chi connectivity index (χ2n) is 7.20. The lowest BCUT2D eigenvalue weighted by atomic mass is 9.98. The highest BCUT2D eigenvalue weighted by Gasteiger charge is 2.31. The fraction of sp³-hybridized carbons (Fsp3) is 0.684. The molecular formula is C19H28F3N3O. The van der Waals surface area contributed by atoms with Crippen molar-refractivity contribution in [1.82, 2.24) is 15.1 Å². The molecule has 7 heteroatoms. The number of nitrogens with zero attached hydrogens (tertiary/aromatic N) is 2. The van der Waals surface area contributed by atoms with Gasteiger partial charge in [-0.2, -0.15) is 0 Å². The van der Waals surface area contributed by atoms with Gasteiger partial charge in [0.25, 0.3) is 0 Å². The summed E-state index contributed by atoms with van der Waals surface area (Å²) < 4.78 is 40.6. The minimum atomic E-state index is -4.64. The van der Waals surface area contributed by atoms with Crippen molar-refractivity contribution in [3.05, 3.63) is 29.8 Å². The van der Waals surface area contributed by atoms with Crippen LogP contribution in [0.4, 0.5) is 13.2 Å². The summed E-state index contributed by atoms with van der Waals surface area (Å²) in [6, 6.07) is 7.51. The molecule has 2 aliphatic rings. The summed E-state index contributed by atoms with van der Waals surface area (Å²) in [6.07, 6.45) is -1.14. The van der Waals surface area contributed by atoms with Gasteiger partial charge in [0.05, 0.1) is 0 Å². The lowest BCUT2D eigenvalue weighted by Crippen LogP contribution is -2.57. The van der Waals surface area contributed by atoms with Gasteiger partial charge in [-0.15, -0.1) is 13.2 Å². The molecule has 146 valence electrons. The number of hydrogen-bond donors (Lipinski definition) is 1. The van der Waals surface area contributed by atoms with Crippen LogP contribution in [0.5, 0.6) is 5.75 Å². The van der Waals surface area contributed by atoms with Gasteiger partial charge in [-0.25, -0.2) is 0 Å². The van der Waals surface area contributed by atoms with E-state index >= 15 is 0 Å². The van der Waals surface area contributed by atoms with Crippen LogP contribution in [0.2, 0.25) is 0 Å². The first kappa shape index (κ1) is 19.5. The zero-order valence-corrected chi connectivity index (χ0v) is 15.3. The van der Waals surface area contributed by atoms with Crippen LogP contribution in [0.25, 0.3) is 0 Å². The van der Waals surface area contributed by atoms with Gasteiger partial charge in [-0.3, -0.25) is 9.80 Å². The zero-order chi connectivity index (χ0) is 18.6. The summed E-state index contributed by atoms with van der Waals surface area (Å²) in [5.41, 5.74) is 1.02. The highest BCUT2D eigenvalue weighted by molar-refractivity contribution is 5.27. The number of nitrogens with one attached hydrogen (secondary N) is 1. The van der Waals surface area contributed by atoms with Crippen molar-refractivity contribution >= 4 is 0 Å². The number of ether oxygens (including phenoxy) is 1. The van der Waals surface area contributed by atoms with Crippen molar-refractivity contribution in [2.24, 2.45) is 0 Å². The molecule has 0 aliphatic carbocycles. The molecule has 1 aromatic carbocycles. The van der Waals surface area contributed by atoms with Gasteiger partial charge >= 0.3 is 6.36 Å². The second-order valence-corrected chi connectivity index (χ2v) is 7.20. The molecule has 0 bridgehead atoms. The van der Waals surface area contributed by atoms with E-state index in [9.17, 15) is 13.2 Å². The van der Waals surface area contributed by atoms with Crippen molar-refractivity contribution in [2.75, 3.05) is 32.7 Å². The molecule has 1 aromatic rings. The lowest BCUT2D eigenvalue weighted by molar-refractivity contribution is -0.274. The number of likely N-dealkylation sites (tertiary alicyclic amines) is 1. The monoisotopic (exact) mass is 371 g/mol. The Bertz CT molecular complexity index is 556. The highest BCUT2D eigenvalue weighted by atomic mass is 19.4. The van der Waals surface area contributed by atoms with E-state index < -0.39 is 6.36 Å². The van der Waals surface area contributed by atoms with Crippen molar-refractivity contribution in [2.45, 2.75) is 51.2 Å². The molecule has 4 nitrogen and oxygen atoms in total. The fourth-order valence-corrected chi connectivity index (χ4v) is 4.10. The standard InChI is InChI=1S/C19H28F3N3O/c1-2-16-13-23-9-12-25(16)17-7-10-24(11-8-17)14-15-3-5-18(6-4-15)26-19(20,21)22/h3-6,16-17,23H,2,7-14H2,1H3/t16-/m0/s1. The molecule has 0 saturated carbocycles. The highest BCUT2D eigenvalue weighted by Crippen LogP contribution is 2.25. The van der Waals surface area contributed by atoms with E-state index in [1.807, 2.05) is 0 Å². The Morgan fingerprint density at radius 1 is 1.12 bits per heavy atom. The maximum absolute atomic E-state index is 12.2. The predicted molar refractivity (Wildman–Crippen MR) is 95.1 cm³/mol. The molecule has 1 atom stereocenters. The van der Waals surface area contributed by atoms with Crippen molar-refractivity contribution in [3.8, 4) is 5.75 Å². The van der Waals surface area contributed by atoms with E-state index in [1.54, 1.807) is 12.1 Å². The molecule has 0 unspecified atom stereocenters. The zero-order valence-electron chi connectivity index (χ0n) is 15.3. The van der Waals surface area contributed by atoms with Crippen molar-refractivity contribution < 1.29 is 17.9 Å². The van der Waals surface area contributed by atoms with Crippen LogP contribution in [0.1, 0.15) is 31.7 Å². The largest absolute Gasteiger partial charge is 0.573 e. The summed E-state index contributed by atoms with van der Waals surface area (Å²) in [5, 5.41) is 3.48. The van der Waals surface area contributed by atoms with E-state index in [1.165, 1.54) is 18.6 Å². The summed E-state index contributed by atoms with van der Waals surface area (Å²) in [6.45, 7) is 8.39. The quantitative estimate of drug-likeness (QED) is 0.860. The third kappa shape index (κ3) is 5.34. The van der Waals surface area contributed by atoms with Gasteiger partial charge in [0.2, 0.25) is 0 Å². The van der Waals surface area contributed by atoms with Gasteiger partial charge in [0.1, 0.15) is 5.75 Å². The van der Waals surface area contributed by atoms with Gasteiger partial charge in [-0.1, -0.05) is 19.1 Å². The Kier molecular flexibility index (Phi) is 6.42. The summed E-state index contributed by atoms with van der Waals surface area (Å²) >= 11 is 0. The Morgan fingerprint density at radius 3 is 2.42 bits per heavy atom. The number of benzene rings is 1. The van der Waals surface area contributed by atoms with Gasteiger partial charge in [-0.05, 0) is 50.0 Å². The minimum absolute atomic E-state index is 0.163. The van der Waals surface area contributed by atoms with Gasteiger partial charge in [0.15, 0.2) is 0 Å². The predicted octanol–water partition coefficient (Wildman–Crippen LogP) is 3.23. The van der Waals surface area contributed by atoms with E-state index in [2.05, 4.69) is 26.8 Å². The molecule has 0 aromatic heterocycles. The van der Waals surface area contributed by atoms with Crippen LogP contribution in [0.15, 0.2) is 24.3 Å². The first-order valence-electron chi connectivity index (χ1n) is 9.48. The summed E-state index contributed by atoms with van der Waals surface area (Å²) in [4.78, 5) is 5.07. The maximum atomic E-state index is 12.2. The number of alkyl halides is 3. The summed E-state index contributed by atoms with van der Waals surface area (Å²) in [5.74, 6) is -0.163. The van der Waals surface area contributed by atoms with Crippen molar-refractivity contribution in [1.29, 1.82) is 0 Å². The molecule has 3 rings (SSSR count). The van der Waals surface area contributed by atoms with Gasteiger partial charge < -0.3 is 10.1 Å². The Balaban J connectivity index is 1.48. The molecule has 0 amide bonds. The average molecular weight is 371 g/mol. The van der Waals surface area contributed by atoms with Gasteiger partial charge in [0, 0.05) is 38.3 Å². The Hall–Kier alpha value is -1.31. The molecule has 0 spiro atoms. The maximum Gasteiger partial charge on any atom is 0.573 e. The van der Waals surface area contributed by atoms with E-state index in [0.29, 0.717) is 12.1 Å². The number of rotatable bonds is 5. The first-order chi connectivity index (χ1) is 12.4. The third-order valence-corrected chi connectivity index (χ3v) is 5.46. The number of hydrogen-bond acceptors (Lipinski definition) is 4. The molecule has 2 aliphatic heterocycles. The van der Waals surface area contributed by atoms with E-state index in [0.717, 1.165) is 57.7 Å². The topological polar surface area (TPSA) is 27.7 Å². The minimum Gasteiger partial charge on any atom is -0.406 e. The van der Waals surface area contributed by atoms with Crippen LogP contribution < -0.4 is 10.1 Å².